The van der Waals surface area contributed by atoms with E-state index in [1.807, 2.05) is 24.3 Å². The molecular weight excluding hydrogens is 224 g/mol. The number of nitriles is 1. The summed E-state index contributed by atoms with van der Waals surface area (Å²) in [6.45, 7) is 3.44. The van der Waals surface area contributed by atoms with E-state index >= 15 is 0 Å². The molecule has 2 aromatic carbocycles. The fraction of sp³-hybridized carbons (Fsp3) is 0. The maximum absolute atomic E-state index is 8.67. The van der Waals surface area contributed by atoms with Crippen LogP contribution < -0.4 is 0 Å². The number of hydrogen-bond acceptors (Lipinski definition) is 4. The van der Waals surface area contributed by atoms with Crippen LogP contribution in [-0.4, -0.2) is 6.72 Å². The predicted molar refractivity (Wildman–Crippen MR) is 71.0 cm³/mol. The highest BCUT2D eigenvalue weighted by Crippen LogP contribution is 2.21. The van der Waals surface area contributed by atoms with Gasteiger partial charge in [0.25, 0.3) is 0 Å². The predicted octanol–water partition coefficient (Wildman–Crippen LogP) is 4.31. The Morgan fingerprint density at radius 1 is 0.778 bits per heavy atom. The van der Waals surface area contributed by atoms with E-state index in [-0.39, 0.29) is 0 Å². The fourth-order valence-electron chi connectivity index (χ4n) is 1.34. The van der Waals surface area contributed by atoms with Crippen molar-refractivity contribution in [3.63, 3.8) is 0 Å². The van der Waals surface area contributed by atoms with E-state index in [2.05, 4.69) is 28.0 Å². The van der Waals surface area contributed by atoms with E-state index in [9.17, 15) is 0 Å². The van der Waals surface area contributed by atoms with Gasteiger partial charge in [0, 0.05) is 0 Å². The van der Waals surface area contributed by atoms with Gasteiger partial charge in [-0.1, -0.05) is 0 Å². The van der Waals surface area contributed by atoms with Crippen molar-refractivity contribution < 1.29 is 0 Å². The zero-order valence-corrected chi connectivity index (χ0v) is 9.61. The average Bonchev–Trinajstić information content (AvgIpc) is 2.46. The molecule has 0 aliphatic carbocycles. The number of hydrogen-bond donors (Lipinski definition) is 0. The highest BCUT2D eigenvalue weighted by molar-refractivity contribution is 5.51. The smallest absolute Gasteiger partial charge is 0.0991 e. The summed E-state index contributed by atoms with van der Waals surface area (Å²) in [5, 5.41) is 16.8. The third kappa shape index (κ3) is 2.86. The fourth-order valence-corrected chi connectivity index (χ4v) is 1.34. The molecule has 0 saturated heterocycles. The maximum Gasteiger partial charge on any atom is 0.0991 e. The summed E-state index contributed by atoms with van der Waals surface area (Å²) < 4.78 is 0. The quantitative estimate of drug-likeness (QED) is 0.576. The molecule has 0 N–H and O–H groups in total. The minimum atomic E-state index is 0.607. The second-order valence-corrected chi connectivity index (χ2v) is 3.53. The second kappa shape index (κ2) is 5.51. The van der Waals surface area contributed by atoms with Crippen molar-refractivity contribution in [1.82, 2.24) is 0 Å². The Bertz CT molecular complexity index is 604. The zero-order chi connectivity index (χ0) is 12.8. The van der Waals surface area contributed by atoms with Crippen molar-refractivity contribution in [3.05, 3.63) is 54.1 Å². The topological polar surface area (TPSA) is 60.9 Å². The van der Waals surface area contributed by atoms with E-state index in [0.717, 1.165) is 11.4 Å². The number of azo groups is 1. The molecule has 18 heavy (non-hydrogen) atoms. The van der Waals surface area contributed by atoms with Gasteiger partial charge in [-0.3, -0.25) is 4.99 Å². The third-order valence-electron chi connectivity index (χ3n) is 2.31. The van der Waals surface area contributed by atoms with E-state index in [1.54, 1.807) is 24.3 Å². The third-order valence-corrected chi connectivity index (χ3v) is 2.31. The van der Waals surface area contributed by atoms with Crippen LogP contribution in [0.1, 0.15) is 5.56 Å². The molecule has 0 aliphatic rings. The van der Waals surface area contributed by atoms with Crippen LogP contribution in [-0.2, 0) is 0 Å². The summed E-state index contributed by atoms with van der Waals surface area (Å²) in [7, 11) is 0. The largest absolute Gasteiger partial charge is 0.265 e. The minimum absolute atomic E-state index is 0.607. The first-order valence-corrected chi connectivity index (χ1v) is 5.30. The van der Waals surface area contributed by atoms with Crippen LogP contribution in [0.15, 0.2) is 63.8 Å². The standard InChI is InChI=1S/C14H10N4/c1-16-12-6-8-14(9-7-12)18-17-13-4-2-11(10-15)3-5-13/h2-9H,1H2/b18-17+. The number of benzene rings is 2. The SMILES string of the molecule is C=Nc1ccc(/N=N/c2ccc(C#N)cc2)cc1. The van der Waals surface area contributed by atoms with E-state index in [4.69, 9.17) is 5.26 Å². The van der Waals surface area contributed by atoms with Gasteiger partial charge in [0.2, 0.25) is 0 Å². The Morgan fingerprint density at radius 2 is 1.22 bits per heavy atom. The number of aliphatic imine (C=N–C) groups is 1. The van der Waals surface area contributed by atoms with E-state index < -0.39 is 0 Å². The molecule has 0 saturated carbocycles. The normalized spacial score (nSPS) is 10.2. The van der Waals surface area contributed by atoms with Gasteiger partial charge in [0.05, 0.1) is 28.7 Å². The first-order chi connectivity index (χ1) is 8.81. The van der Waals surface area contributed by atoms with Crippen LogP contribution in [0.4, 0.5) is 17.1 Å². The lowest BCUT2D eigenvalue weighted by molar-refractivity contribution is 1.23. The Balaban J connectivity index is 2.14. The van der Waals surface area contributed by atoms with E-state index in [0.29, 0.717) is 11.3 Å². The average molecular weight is 234 g/mol. The molecule has 0 fully saturated rings. The number of nitrogens with zero attached hydrogens (tertiary/aromatic N) is 4. The summed E-state index contributed by atoms with van der Waals surface area (Å²) in [4.78, 5) is 3.80. The Labute approximate surface area is 105 Å². The molecule has 0 unspecified atom stereocenters. The van der Waals surface area contributed by atoms with Crippen molar-refractivity contribution in [1.29, 1.82) is 5.26 Å². The van der Waals surface area contributed by atoms with Crippen molar-refractivity contribution >= 4 is 23.8 Å². The lowest BCUT2D eigenvalue weighted by Crippen LogP contribution is -1.70. The molecule has 4 nitrogen and oxygen atoms in total. The van der Waals surface area contributed by atoms with Crippen LogP contribution in [0.5, 0.6) is 0 Å². The first kappa shape index (κ1) is 11.7. The molecule has 0 atom stereocenters. The summed E-state index contributed by atoms with van der Waals surface area (Å²) in [6, 6.07) is 16.2. The Morgan fingerprint density at radius 3 is 1.67 bits per heavy atom. The van der Waals surface area contributed by atoms with Crippen LogP contribution in [0.25, 0.3) is 0 Å². The Kier molecular flexibility index (Phi) is 3.57. The lowest BCUT2D eigenvalue weighted by Gasteiger charge is -1.94. The molecule has 0 bridgehead atoms. The molecule has 86 valence electrons. The van der Waals surface area contributed by atoms with Crippen LogP contribution in [0, 0.1) is 11.3 Å². The minimum Gasteiger partial charge on any atom is -0.265 e. The van der Waals surface area contributed by atoms with Gasteiger partial charge in [0.1, 0.15) is 0 Å². The van der Waals surface area contributed by atoms with Gasteiger partial charge >= 0.3 is 0 Å². The molecule has 0 aliphatic heterocycles. The van der Waals surface area contributed by atoms with Gasteiger partial charge in [-0.2, -0.15) is 15.5 Å². The molecule has 0 radical (unpaired) electrons. The Hall–Kier alpha value is -2.80. The van der Waals surface area contributed by atoms with Crippen LogP contribution in [0.3, 0.4) is 0 Å². The highest BCUT2D eigenvalue weighted by Gasteiger charge is 1.93. The molecule has 0 heterocycles. The molecule has 0 aromatic heterocycles. The summed E-state index contributed by atoms with van der Waals surface area (Å²) in [6.07, 6.45) is 0. The van der Waals surface area contributed by atoms with Crippen LogP contribution >= 0.6 is 0 Å². The van der Waals surface area contributed by atoms with Crippen molar-refractivity contribution in [3.8, 4) is 6.07 Å². The van der Waals surface area contributed by atoms with Gasteiger partial charge in [-0.05, 0) is 55.2 Å². The molecule has 0 spiro atoms. The summed E-state index contributed by atoms with van der Waals surface area (Å²) >= 11 is 0. The summed E-state index contributed by atoms with van der Waals surface area (Å²) in [5.41, 5.74) is 2.86. The van der Waals surface area contributed by atoms with Crippen molar-refractivity contribution in [2.24, 2.45) is 15.2 Å². The highest BCUT2D eigenvalue weighted by atomic mass is 15.1. The van der Waals surface area contributed by atoms with Gasteiger partial charge in [-0.15, -0.1) is 0 Å². The monoisotopic (exact) mass is 234 g/mol. The second-order valence-electron chi connectivity index (χ2n) is 3.53. The molecule has 4 heteroatoms. The van der Waals surface area contributed by atoms with Gasteiger partial charge < -0.3 is 0 Å². The van der Waals surface area contributed by atoms with Gasteiger partial charge in [-0.25, -0.2) is 0 Å². The molecular formula is C14H10N4. The van der Waals surface area contributed by atoms with Crippen LogP contribution in [0.2, 0.25) is 0 Å². The number of rotatable bonds is 3. The van der Waals surface area contributed by atoms with Gasteiger partial charge in [0.15, 0.2) is 0 Å². The van der Waals surface area contributed by atoms with Crippen molar-refractivity contribution in [2.45, 2.75) is 0 Å². The molecule has 0 amide bonds. The maximum atomic E-state index is 8.67. The zero-order valence-electron chi connectivity index (χ0n) is 9.61. The van der Waals surface area contributed by atoms with Crippen molar-refractivity contribution in [2.75, 3.05) is 0 Å². The lowest BCUT2D eigenvalue weighted by atomic mass is 10.2. The molecule has 2 aromatic rings. The first-order valence-electron chi connectivity index (χ1n) is 5.30. The summed E-state index contributed by atoms with van der Waals surface area (Å²) in [5.74, 6) is 0. The molecule has 2 rings (SSSR count). The van der Waals surface area contributed by atoms with E-state index in [1.165, 1.54) is 0 Å².